The Morgan fingerprint density at radius 3 is 2.55 bits per heavy atom. The minimum absolute atomic E-state index is 0.0762. The van der Waals surface area contributed by atoms with Crippen LogP contribution in [0.3, 0.4) is 0 Å². The molecule has 5 rings (SSSR count). The number of nitrogens with one attached hydrogen (secondary N) is 1. The highest BCUT2D eigenvalue weighted by Crippen LogP contribution is 2.58. The van der Waals surface area contributed by atoms with Crippen LogP contribution >= 0.6 is 46.1 Å². The summed E-state index contributed by atoms with van der Waals surface area (Å²) in [5.41, 5.74) is 0.841. The fourth-order valence-corrected chi connectivity index (χ4v) is 9.51. The number of rotatable bonds is 10. The average Bonchev–Trinajstić information content (AvgIpc) is 3.47. The zero-order chi connectivity index (χ0) is 30.4. The van der Waals surface area contributed by atoms with E-state index in [0.29, 0.717) is 35.1 Å². The summed E-state index contributed by atoms with van der Waals surface area (Å²) in [5, 5.41) is 5.26. The zero-order valence-corrected chi connectivity index (χ0v) is 27.4. The molecule has 1 N–H and O–H groups in total. The van der Waals surface area contributed by atoms with Gasteiger partial charge in [-0.25, -0.2) is 22.1 Å². The number of anilines is 2. The van der Waals surface area contributed by atoms with Crippen molar-refractivity contribution in [3.8, 4) is 11.5 Å². The zero-order valence-electron chi connectivity index (χ0n) is 23.5. The van der Waals surface area contributed by atoms with Crippen molar-refractivity contribution >= 4 is 67.0 Å². The molecule has 42 heavy (non-hydrogen) atoms. The van der Waals surface area contributed by atoms with E-state index >= 15 is 4.39 Å². The Balaban J connectivity index is 1.46. The van der Waals surface area contributed by atoms with Crippen LogP contribution in [0.1, 0.15) is 24.8 Å². The van der Waals surface area contributed by atoms with Crippen molar-refractivity contribution in [2.24, 2.45) is 11.8 Å². The molecule has 2 aromatic carbocycles. The van der Waals surface area contributed by atoms with Gasteiger partial charge in [0.15, 0.2) is 5.13 Å². The first-order valence-corrected chi connectivity index (χ1v) is 16.7. The Morgan fingerprint density at radius 2 is 1.93 bits per heavy atom. The third-order valence-corrected chi connectivity index (χ3v) is 12.0. The molecule has 0 saturated heterocycles. The smallest absolute Gasteiger partial charge is 0.269 e. The summed E-state index contributed by atoms with van der Waals surface area (Å²) in [5.74, 6) is 0.558. The maximum Gasteiger partial charge on any atom is 0.269 e. The Bertz CT molecular complexity index is 1540. The van der Waals surface area contributed by atoms with Crippen LogP contribution in [0.25, 0.3) is 0 Å². The van der Waals surface area contributed by atoms with Crippen molar-refractivity contribution in [1.82, 2.24) is 9.88 Å². The van der Waals surface area contributed by atoms with E-state index in [1.54, 1.807) is 23.6 Å². The quantitative estimate of drug-likeness (QED) is 0.240. The molecule has 0 spiro atoms. The molecule has 0 aliphatic heterocycles. The Hall–Kier alpha value is -2.02. The number of fused-ring (bicyclic) bond motifs is 1. The fourth-order valence-electron chi connectivity index (χ4n) is 5.96. The number of benzene rings is 2. The van der Waals surface area contributed by atoms with E-state index in [1.807, 2.05) is 14.1 Å². The molecule has 1 aromatic heterocycles. The first-order chi connectivity index (χ1) is 19.8. The Labute approximate surface area is 264 Å². The minimum atomic E-state index is -4.45. The number of nitrogens with zero attached hydrogens (tertiary/aromatic N) is 3. The number of alkyl halides is 2. The van der Waals surface area contributed by atoms with E-state index in [1.165, 1.54) is 20.4 Å². The van der Waals surface area contributed by atoms with Crippen LogP contribution in [-0.4, -0.2) is 63.0 Å². The molecule has 2 aliphatic rings. The maximum atomic E-state index is 15.8. The number of hydrogen-bond donors (Lipinski definition) is 1. The van der Waals surface area contributed by atoms with E-state index in [9.17, 15) is 8.42 Å². The SMILES string of the molecule is COc1ccc(CN(c2nccs2)S(=O)(=O)c2cc(Cl)c(N[C@H]3C[C@@H]4[C@H](C[C@@H]3N(C)C)CC4(Cl)Cl)cc2F)c(OC)c1. The Morgan fingerprint density at radius 1 is 1.17 bits per heavy atom. The topological polar surface area (TPSA) is 84.0 Å². The van der Waals surface area contributed by atoms with Crippen LogP contribution in [0.5, 0.6) is 11.5 Å². The van der Waals surface area contributed by atoms with Gasteiger partial charge in [0.2, 0.25) is 0 Å². The molecule has 2 fully saturated rings. The largest absolute Gasteiger partial charge is 0.497 e. The van der Waals surface area contributed by atoms with Gasteiger partial charge in [-0.2, -0.15) is 0 Å². The molecule has 0 unspecified atom stereocenters. The highest BCUT2D eigenvalue weighted by atomic mass is 35.5. The standard InChI is InChI=1S/C28H32Cl3FN4O4S2/c1-35(2)24-9-17-14-28(30,31)19(17)11-23(24)34-22-13-21(32)26(12-20(22)29)42(37,38)36(27-33-7-8-41-27)15-16-5-6-18(39-3)10-25(16)40-4/h5-8,10,12-13,17,19,23-24,34H,9,11,14-15H2,1-4H3/t17-,19-,23+,24+/m1/s1. The molecule has 2 saturated carbocycles. The predicted molar refractivity (Wildman–Crippen MR) is 167 cm³/mol. The normalized spacial score (nSPS) is 23.2. The van der Waals surface area contributed by atoms with Gasteiger partial charge in [0.05, 0.1) is 31.5 Å². The van der Waals surface area contributed by atoms with E-state index < -0.39 is 25.1 Å². The number of aromatic nitrogens is 1. The molecular weight excluding hydrogens is 646 g/mol. The van der Waals surface area contributed by atoms with Crippen molar-refractivity contribution in [2.75, 3.05) is 37.9 Å². The van der Waals surface area contributed by atoms with Gasteiger partial charge in [0, 0.05) is 35.3 Å². The van der Waals surface area contributed by atoms with Crippen molar-refractivity contribution in [3.63, 3.8) is 0 Å². The van der Waals surface area contributed by atoms with Crippen molar-refractivity contribution in [3.05, 3.63) is 58.3 Å². The fraction of sp³-hybridized carbons (Fsp3) is 0.464. The Kier molecular flexibility index (Phi) is 9.10. The number of ether oxygens (including phenoxy) is 2. The second-order valence-corrected chi connectivity index (χ2v) is 15.5. The van der Waals surface area contributed by atoms with Gasteiger partial charge in [0.1, 0.15) is 26.5 Å². The molecule has 3 aromatic rings. The summed E-state index contributed by atoms with van der Waals surface area (Å²) in [6, 6.07) is 7.34. The lowest BCUT2D eigenvalue weighted by atomic mass is 9.61. The van der Waals surface area contributed by atoms with Crippen molar-refractivity contribution in [1.29, 1.82) is 0 Å². The second-order valence-electron chi connectivity index (χ2n) is 10.9. The molecule has 14 heteroatoms. The van der Waals surface area contributed by atoms with Crippen LogP contribution < -0.4 is 19.1 Å². The maximum absolute atomic E-state index is 15.8. The lowest BCUT2D eigenvalue weighted by molar-refractivity contribution is 0.0409. The number of methoxy groups -OCH3 is 2. The van der Waals surface area contributed by atoms with Gasteiger partial charge in [0.25, 0.3) is 10.0 Å². The molecule has 8 nitrogen and oxygen atoms in total. The van der Waals surface area contributed by atoms with E-state index in [0.717, 1.165) is 40.6 Å². The molecule has 0 radical (unpaired) electrons. The van der Waals surface area contributed by atoms with Crippen LogP contribution in [0.4, 0.5) is 15.2 Å². The first-order valence-electron chi connectivity index (χ1n) is 13.3. The highest BCUT2D eigenvalue weighted by molar-refractivity contribution is 7.93. The average molecular weight is 678 g/mol. The monoisotopic (exact) mass is 676 g/mol. The second kappa shape index (κ2) is 12.2. The van der Waals surface area contributed by atoms with E-state index in [4.69, 9.17) is 44.3 Å². The van der Waals surface area contributed by atoms with Gasteiger partial charge in [-0.1, -0.05) is 11.6 Å². The molecule has 0 bridgehead atoms. The number of likely N-dealkylation sites (N-methyl/N-ethyl adjacent to an activating group) is 1. The van der Waals surface area contributed by atoms with Gasteiger partial charge in [-0.3, -0.25) is 0 Å². The molecule has 2 aliphatic carbocycles. The first kappa shape index (κ1) is 31.4. The van der Waals surface area contributed by atoms with Crippen molar-refractivity contribution in [2.45, 2.75) is 47.1 Å². The van der Waals surface area contributed by atoms with Crippen LogP contribution in [0, 0.1) is 17.7 Å². The highest BCUT2D eigenvalue weighted by Gasteiger charge is 2.56. The predicted octanol–water partition coefficient (Wildman–Crippen LogP) is 6.66. The number of halogens is 4. The van der Waals surface area contributed by atoms with Gasteiger partial charge in [-0.05, 0) is 69.5 Å². The van der Waals surface area contributed by atoms with E-state index in [2.05, 4.69) is 15.2 Å². The van der Waals surface area contributed by atoms with Crippen LogP contribution in [-0.2, 0) is 16.6 Å². The third-order valence-electron chi connectivity index (χ3n) is 8.20. The molecular formula is C28H32Cl3FN4O4S2. The summed E-state index contributed by atoms with van der Waals surface area (Å²) < 4.78 is 54.8. The lowest BCUT2D eigenvalue weighted by Crippen LogP contribution is -2.59. The summed E-state index contributed by atoms with van der Waals surface area (Å²) in [4.78, 5) is 5.76. The number of hydrogen-bond acceptors (Lipinski definition) is 8. The third kappa shape index (κ3) is 6.01. The summed E-state index contributed by atoms with van der Waals surface area (Å²) in [6.07, 6.45) is 3.80. The molecule has 228 valence electrons. The minimum Gasteiger partial charge on any atom is -0.497 e. The molecule has 0 amide bonds. The van der Waals surface area contributed by atoms with Crippen LogP contribution in [0.15, 0.2) is 46.8 Å². The van der Waals surface area contributed by atoms with Crippen molar-refractivity contribution < 1.29 is 22.3 Å². The van der Waals surface area contributed by atoms with Gasteiger partial charge in [-0.15, -0.1) is 34.5 Å². The number of sulfonamides is 1. The summed E-state index contributed by atoms with van der Waals surface area (Å²) in [6.45, 7) is -0.159. The molecule has 1 heterocycles. The molecule has 4 atom stereocenters. The van der Waals surface area contributed by atoms with Gasteiger partial charge < -0.3 is 19.7 Å². The lowest BCUT2D eigenvalue weighted by Gasteiger charge is -2.55. The summed E-state index contributed by atoms with van der Waals surface area (Å²) in [7, 11) is 2.54. The van der Waals surface area contributed by atoms with E-state index in [-0.39, 0.29) is 34.7 Å². The van der Waals surface area contributed by atoms with Crippen LogP contribution in [0.2, 0.25) is 5.02 Å². The summed E-state index contributed by atoms with van der Waals surface area (Å²) >= 11 is 20.8. The van der Waals surface area contributed by atoms with Gasteiger partial charge >= 0.3 is 0 Å². The number of thiazole rings is 1.